The number of hydrogen-bond donors (Lipinski definition) is 3. The van der Waals surface area contributed by atoms with Crippen LogP contribution >= 0.6 is 0 Å². The van der Waals surface area contributed by atoms with Crippen LogP contribution in [0.25, 0.3) is 16.7 Å². The van der Waals surface area contributed by atoms with Crippen molar-refractivity contribution in [1.29, 1.82) is 0 Å². The first-order valence-electron chi connectivity index (χ1n) is 9.33. The van der Waals surface area contributed by atoms with Crippen LogP contribution in [0.15, 0.2) is 29.2 Å². The molecule has 2 atom stereocenters. The smallest absolute Gasteiger partial charge is 0.341 e. The summed E-state index contributed by atoms with van der Waals surface area (Å²) in [5.41, 5.74) is 8.88. The molecule has 1 saturated heterocycles. The Morgan fingerprint density at radius 2 is 1.87 bits per heavy atom. The van der Waals surface area contributed by atoms with Gasteiger partial charge in [0.25, 0.3) is 0 Å². The van der Waals surface area contributed by atoms with E-state index in [9.17, 15) is 27.9 Å². The average Bonchev–Trinajstić information content (AvgIpc) is 3.03. The van der Waals surface area contributed by atoms with Crippen molar-refractivity contribution in [3.63, 3.8) is 0 Å². The van der Waals surface area contributed by atoms with E-state index in [1.54, 1.807) is 4.90 Å². The Bertz CT molecular complexity index is 1280. The van der Waals surface area contributed by atoms with Crippen LogP contribution in [0.3, 0.4) is 0 Å². The van der Waals surface area contributed by atoms with Gasteiger partial charge >= 0.3 is 5.97 Å². The number of nitrogens with two attached hydrogens (primary N) is 2. The summed E-state index contributed by atoms with van der Waals surface area (Å²) in [4.78, 5) is 30.0. The Kier molecular flexibility index (Phi) is 4.85. The van der Waals surface area contributed by atoms with Gasteiger partial charge in [-0.2, -0.15) is 0 Å². The summed E-state index contributed by atoms with van der Waals surface area (Å²) >= 11 is 0. The average molecular weight is 433 g/mol. The molecule has 2 aromatic heterocycles. The molecule has 1 fully saturated rings. The Balaban J connectivity index is 2.05. The molecule has 0 bridgehead atoms. The predicted molar refractivity (Wildman–Crippen MR) is 108 cm³/mol. The van der Waals surface area contributed by atoms with Crippen molar-refractivity contribution in [2.45, 2.75) is 13.0 Å². The molecular weight excluding hydrogens is 415 g/mol. The second kappa shape index (κ2) is 7.27. The molecule has 1 aliphatic rings. The molecule has 8 nitrogen and oxygen atoms in total. The summed E-state index contributed by atoms with van der Waals surface area (Å²) in [6, 6.07) is 2.12. The van der Waals surface area contributed by atoms with Gasteiger partial charge in [-0.15, -0.1) is 0 Å². The first kappa shape index (κ1) is 20.7. The predicted octanol–water partition coefficient (Wildman–Crippen LogP) is 1.87. The fraction of sp³-hybridized carbons (Fsp3) is 0.250. The maximum absolute atomic E-state index is 14.9. The molecule has 0 aliphatic carbocycles. The lowest BCUT2D eigenvalue weighted by Gasteiger charge is -2.20. The molecule has 5 N–H and O–H groups in total. The molecule has 1 aromatic carbocycles. The zero-order valence-corrected chi connectivity index (χ0v) is 16.3. The number of nitrogen functional groups attached to an aromatic ring is 1. The van der Waals surface area contributed by atoms with Crippen LogP contribution in [-0.4, -0.2) is 39.8 Å². The van der Waals surface area contributed by atoms with E-state index in [2.05, 4.69) is 4.98 Å². The van der Waals surface area contributed by atoms with Gasteiger partial charge in [-0.25, -0.2) is 22.9 Å². The highest BCUT2D eigenvalue weighted by molar-refractivity contribution is 5.92. The van der Waals surface area contributed by atoms with E-state index < -0.39 is 40.1 Å². The number of carbonyl (C=O) groups is 1. The van der Waals surface area contributed by atoms with E-state index >= 15 is 0 Å². The fourth-order valence-corrected chi connectivity index (χ4v) is 3.68. The second-order valence-corrected chi connectivity index (χ2v) is 7.58. The highest BCUT2D eigenvalue weighted by Gasteiger charge is 2.30. The normalized spacial score (nSPS) is 18.7. The largest absolute Gasteiger partial charge is 0.477 e. The van der Waals surface area contributed by atoms with Crippen LogP contribution < -0.4 is 21.8 Å². The zero-order valence-electron chi connectivity index (χ0n) is 16.3. The van der Waals surface area contributed by atoms with E-state index in [1.165, 1.54) is 0 Å². The summed E-state index contributed by atoms with van der Waals surface area (Å²) in [6.45, 7) is 2.62. The van der Waals surface area contributed by atoms with Crippen LogP contribution in [0.4, 0.5) is 24.7 Å². The number of nitrogens with zero attached hydrogens (tertiary/aromatic N) is 3. The lowest BCUT2D eigenvalue weighted by atomic mass is 10.1. The van der Waals surface area contributed by atoms with Gasteiger partial charge in [-0.05, 0) is 18.1 Å². The standard InChI is InChI=1S/C20H18F3N5O3/c1-8-5-27(7-15(8)25)19-13(23)2-9-17(29)10(20(30)31)6-28(18(9)26-19)16-4-14(24)11(21)3-12(16)22/h2-4,6,8,15H,5,7,24-25H2,1H3,(H,30,31)/t8-,15+/m1/s1. The molecule has 11 heteroatoms. The highest BCUT2D eigenvalue weighted by atomic mass is 19.1. The van der Waals surface area contributed by atoms with Gasteiger partial charge in [-0.1, -0.05) is 6.92 Å². The fourth-order valence-electron chi connectivity index (χ4n) is 3.68. The Hall–Kier alpha value is -3.60. The van der Waals surface area contributed by atoms with Crippen molar-refractivity contribution in [3.05, 3.63) is 57.6 Å². The zero-order chi connectivity index (χ0) is 22.6. The number of rotatable bonds is 3. The van der Waals surface area contributed by atoms with E-state index in [4.69, 9.17) is 11.5 Å². The highest BCUT2D eigenvalue weighted by Crippen LogP contribution is 2.29. The van der Waals surface area contributed by atoms with Gasteiger partial charge in [0.2, 0.25) is 5.43 Å². The van der Waals surface area contributed by atoms with Crippen molar-refractivity contribution in [2.75, 3.05) is 23.7 Å². The minimum atomic E-state index is -1.60. The van der Waals surface area contributed by atoms with Gasteiger partial charge in [0, 0.05) is 31.4 Å². The lowest BCUT2D eigenvalue weighted by Crippen LogP contribution is -2.29. The van der Waals surface area contributed by atoms with Crippen molar-refractivity contribution >= 4 is 28.5 Å². The second-order valence-electron chi connectivity index (χ2n) is 7.58. The third-order valence-corrected chi connectivity index (χ3v) is 5.44. The van der Waals surface area contributed by atoms with Gasteiger partial charge < -0.3 is 21.5 Å². The van der Waals surface area contributed by atoms with Crippen molar-refractivity contribution < 1.29 is 23.1 Å². The number of aromatic carboxylic acids is 1. The first-order valence-corrected chi connectivity index (χ1v) is 9.33. The quantitative estimate of drug-likeness (QED) is 0.538. The number of benzene rings is 1. The van der Waals surface area contributed by atoms with Crippen molar-refractivity contribution in [2.24, 2.45) is 11.7 Å². The minimum Gasteiger partial charge on any atom is -0.477 e. The number of carboxylic acids is 1. The first-order chi connectivity index (χ1) is 14.6. The Morgan fingerprint density at radius 3 is 2.48 bits per heavy atom. The number of pyridine rings is 2. The molecule has 0 spiro atoms. The third kappa shape index (κ3) is 3.36. The molecule has 4 rings (SSSR count). The lowest BCUT2D eigenvalue weighted by molar-refractivity contribution is 0.0695. The van der Waals surface area contributed by atoms with E-state index in [1.807, 2.05) is 6.92 Å². The molecule has 162 valence electrons. The van der Waals surface area contributed by atoms with Crippen LogP contribution in [0, 0.1) is 23.4 Å². The maximum atomic E-state index is 14.9. The van der Waals surface area contributed by atoms with Crippen LogP contribution in [-0.2, 0) is 0 Å². The molecule has 3 aromatic rings. The third-order valence-electron chi connectivity index (χ3n) is 5.44. The SMILES string of the molecule is C[C@@H]1CN(c2nc3c(cc2F)c(=O)c(C(=O)O)cn3-c2cc(N)c(F)cc2F)C[C@@H]1N. The topological polar surface area (TPSA) is 127 Å². The number of halogens is 3. The van der Waals surface area contributed by atoms with Gasteiger partial charge in [0.1, 0.15) is 17.2 Å². The summed E-state index contributed by atoms with van der Waals surface area (Å²) in [7, 11) is 0. The summed E-state index contributed by atoms with van der Waals surface area (Å²) < 4.78 is 44.1. The Labute approximate surface area is 173 Å². The molecule has 0 saturated carbocycles. The Morgan fingerprint density at radius 1 is 1.16 bits per heavy atom. The number of carboxylic acid groups (broad SMARTS) is 1. The van der Waals surface area contributed by atoms with E-state index in [0.29, 0.717) is 19.2 Å². The van der Waals surface area contributed by atoms with Crippen molar-refractivity contribution in [3.8, 4) is 5.69 Å². The molecule has 3 heterocycles. The molecule has 0 unspecified atom stereocenters. The van der Waals surface area contributed by atoms with Gasteiger partial charge in [0.15, 0.2) is 17.3 Å². The molecular formula is C20H18F3N5O3. The number of anilines is 2. The molecule has 1 aliphatic heterocycles. The molecule has 0 amide bonds. The summed E-state index contributed by atoms with van der Waals surface area (Å²) in [6.07, 6.45) is 0.857. The maximum Gasteiger partial charge on any atom is 0.341 e. The van der Waals surface area contributed by atoms with Crippen LogP contribution in [0.5, 0.6) is 0 Å². The van der Waals surface area contributed by atoms with E-state index in [0.717, 1.165) is 22.9 Å². The van der Waals surface area contributed by atoms with Crippen LogP contribution in [0.1, 0.15) is 17.3 Å². The number of hydrogen-bond acceptors (Lipinski definition) is 6. The molecule has 0 radical (unpaired) electrons. The minimum absolute atomic E-state index is 0.0582. The summed E-state index contributed by atoms with van der Waals surface area (Å²) in [5.74, 6) is -4.58. The van der Waals surface area contributed by atoms with E-state index in [-0.39, 0.29) is 34.5 Å². The summed E-state index contributed by atoms with van der Waals surface area (Å²) in [5, 5.41) is 9.02. The van der Waals surface area contributed by atoms with Gasteiger partial charge in [-0.3, -0.25) is 9.36 Å². The number of fused-ring (bicyclic) bond motifs is 1. The van der Waals surface area contributed by atoms with Crippen LogP contribution in [0.2, 0.25) is 0 Å². The van der Waals surface area contributed by atoms with Crippen molar-refractivity contribution in [1.82, 2.24) is 9.55 Å². The number of aromatic nitrogens is 2. The monoisotopic (exact) mass is 433 g/mol. The molecule has 31 heavy (non-hydrogen) atoms. The van der Waals surface area contributed by atoms with Gasteiger partial charge in [0.05, 0.1) is 16.8 Å².